The number of imidazole rings is 1. The molecule has 1 saturated carbocycles. The van der Waals surface area contributed by atoms with Crippen LogP contribution >= 0.6 is 23.2 Å². The third-order valence-corrected chi connectivity index (χ3v) is 7.81. The molecule has 1 amide bonds. The van der Waals surface area contributed by atoms with Crippen LogP contribution in [0.5, 0.6) is 0 Å². The van der Waals surface area contributed by atoms with Gasteiger partial charge in [0.2, 0.25) is 11.9 Å². The summed E-state index contributed by atoms with van der Waals surface area (Å²) in [4.78, 5) is 27.0. The molecular formula is C30H32Cl2FN7O. The Labute approximate surface area is 248 Å². The number of nitrogens with zero attached hydrogens (tertiary/aromatic N) is 4. The Hall–Kier alpha value is -3.69. The normalized spacial score (nSPS) is 14.4. The van der Waals surface area contributed by atoms with Gasteiger partial charge in [-0.2, -0.15) is 9.97 Å². The molecule has 2 aromatic heterocycles. The van der Waals surface area contributed by atoms with Crippen molar-refractivity contribution >= 4 is 40.9 Å². The van der Waals surface area contributed by atoms with Crippen molar-refractivity contribution in [1.82, 2.24) is 24.8 Å². The standard InChI is InChI=1S/C30H32Cl2FN7O/c31-23-10-9-22(25(32)15-23)18-35-29(41)26(14-20-5-2-1-3-6-20)37-27-16-28(40-12-11-34-19-40)39-30(38-27)36-17-21-7-4-8-24(33)13-21/h4,7-13,15-16,19-20,26H,1-3,5-6,14,17-18H2,(H,35,41)(H2,36,37,38,39). The van der Waals surface area contributed by atoms with Crippen molar-refractivity contribution in [1.29, 1.82) is 0 Å². The van der Waals surface area contributed by atoms with E-state index in [2.05, 4.69) is 30.9 Å². The Bertz CT molecular complexity index is 1460. The predicted molar refractivity (Wildman–Crippen MR) is 160 cm³/mol. The van der Waals surface area contributed by atoms with Crippen LogP contribution in [-0.2, 0) is 17.9 Å². The van der Waals surface area contributed by atoms with Gasteiger partial charge in [-0.05, 0) is 47.7 Å². The molecule has 8 nitrogen and oxygen atoms in total. The van der Waals surface area contributed by atoms with Crippen LogP contribution in [0, 0.1) is 11.7 Å². The second kappa shape index (κ2) is 13.8. The number of hydrogen-bond acceptors (Lipinski definition) is 6. The molecule has 2 heterocycles. The highest BCUT2D eigenvalue weighted by Gasteiger charge is 2.25. The van der Waals surface area contributed by atoms with E-state index >= 15 is 0 Å². The van der Waals surface area contributed by atoms with Crippen LogP contribution in [0.2, 0.25) is 10.0 Å². The summed E-state index contributed by atoms with van der Waals surface area (Å²) in [7, 11) is 0. The molecule has 11 heteroatoms. The molecule has 1 fully saturated rings. The molecular weight excluding hydrogens is 564 g/mol. The molecule has 0 spiro atoms. The summed E-state index contributed by atoms with van der Waals surface area (Å²) in [5.74, 6) is 1.40. The van der Waals surface area contributed by atoms with Gasteiger partial charge in [0.25, 0.3) is 0 Å². The number of halogens is 3. The number of hydrogen-bond donors (Lipinski definition) is 3. The van der Waals surface area contributed by atoms with Gasteiger partial charge < -0.3 is 16.0 Å². The lowest BCUT2D eigenvalue weighted by molar-refractivity contribution is -0.122. The predicted octanol–water partition coefficient (Wildman–Crippen LogP) is 6.79. The fourth-order valence-electron chi connectivity index (χ4n) is 5.08. The Morgan fingerprint density at radius 2 is 1.90 bits per heavy atom. The zero-order valence-corrected chi connectivity index (χ0v) is 24.0. The molecule has 1 aliphatic rings. The topological polar surface area (TPSA) is 96.8 Å². The van der Waals surface area contributed by atoms with Crippen molar-refractivity contribution in [3.8, 4) is 5.82 Å². The Morgan fingerprint density at radius 3 is 2.66 bits per heavy atom. The lowest BCUT2D eigenvalue weighted by atomic mass is 9.84. The van der Waals surface area contributed by atoms with E-state index in [-0.39, 0.29) is 18.3 Å². The van der Waals surface area contributed by atoms with Crippen LogP contribution in [0.25, 0.3) is 5.82 Å². The molecule has 0 bridgehead atoms. The molecule has 1 unspecified atom stereocenters. The zero-order chi connectivity index (χ0) is 28.6. The molecule has 1 atom stereocenters. The van der Waals surface area contributed by atoms with Crippen LogP contribution in [0.15, 0.2) is 67.3 Å². The van der Waals surface area contributed by atoms with E-state index in [9.17, 15) is 9.18 Å². The molecule has 3 N–H and O–H groups in total. The number of anilines is 2. The maximum atomic E-state index is 13.7. The third kappa shape index (κ3) is 8.17. The van der Waals surface area contributed by atoms with Crippen LogP contribution in [0.4, 0.5) is 16.2 Å². The van der Waals surface area contributed by atoms with Crippen molar-refractivity contribution in [3.05, 3.63) is 94.2 Å². The number of rotatable bonds is 11. The summed E-state index contributed by atoms with van der Waals surface area (Å²) >= 11 is 12.4. The van der Waals surface area contributed by atoms with Gasteiger partial charge >= 0.3 is 0 Å². The quantitative estimate of drug-likeness (QED) is 0.177. The van der Waals surface area contributed by atoms with Gasteiger partial charge in [0.1, 0.15) is 29.8 Å². The molecule has 2 aromatic carbocycles. The highest BCUT2D eigenvalue weighted by atomic mass is 35.5. The van der Waals surface area contributed by atoms with E-state index < -0.39 is 6.04 Å². The van der Waals surface area contributed by atoms with Gasteiger partial charge in [0.05, 0.1) is 0 Å². The SMILES string of the molecule is O=C(NCc1ccc(Cl)cc1Cl)C(CC1CCCCC1)Nc1cc(-n2ccnc2)nc(NCc2cccc(F)c2)n1. The van der Waals surface area contributed by atoms with Crippen LogP contribution in [0.3, 0.4) is 0 Å². The van der Waals surface area contributed by atoms with Gasteiger partial charge in [0, 0.05) is 41.6 Å². The minimum atomic E-state index is -0.522. The van der Waals surface area contributed by atoms with Gasteiger partial charge in [-0.15, -0.1) is 0 Å². The molecule has 0 aliphatic heterocycles. The number of amides is 1. The molecule has 1 aliphatic carbocycles. The lowest BCUT2D eigenvalue weighted by Crippen LogP contribution is -2.41. The number of benzene rings is 2. The monoisotopic (exact) mass is 595 g/mol. The highest BCUT2D eigenvalue weighted by Crippen LogP contribution is 2.29. The van der Waals surface area contributed by atoms with Crippen LogP contribution < -0.4 is 16.0 Å². The Kier molecular flexibility index (Phi) is 9.69. The fourth-order valence-corrected chi connectivity index (χ4v) is 5.55. The van der Waals surface area contributed by atoms with Crippen molar-refractivity contribution < 1.29 is 9.18 Å². The largest absolute Gasteiger partial charge is 0.358 e. The third-order valence-electron chi connectivity index (χ3n) is 7.22. The number of carbonyl (C=O) groups excluding carboxylic acids is 1. The Morgan fingerprint density at radius 1 is 1.05 bits per heavy atom. The average Bonchev–Trinajstić information content (AvgIpc) is 3.51. The summed E-state index contributed by atoms with van der Waals surface area (Å²) in [5, 5.41) is 10.7. The van der Waals surface area contributed by atoms with E-state index in [0.717, 1.165) is 24.0 Å². The van der Waals surface area contributed by atoms with E-state index in [0.29, 0.717) is 46.5 Å². The van der Waals surface area contributed by atoms with Gasteiger partial charge in [-0.25, -0.2) is 9.37 Å². The molecule has 41 heavy (non-hydrogen) atoms. The maximum Gasteiger partial charge on any atom is 0.242 e. The van der Waals surface area contributed by atoms with Crippen molar-refractivity contribution in [2.75, 3.05) is 10.6 Å². The van der Waals surface area contributed by atoms with E-state index in [1.807, 2.05) is 12.1 Å². The molecule has 5 rings (SSSR count). The average molecular weight is 597 g/mol. The van der Waals surface area contributed by atoms with E-state index in [4.69, 9.17) is 23.2 Å². The van der Waals surface area contributed by atoms with Crippen LogP contribution in [-0.4, -0.2) is 31.5 Å². The first kappa shape index (κ1) is 28.8. The lowest BCUT2D eigenvalue weighted by Gasteiger charge is -2.27. The van der Waals surface area contributed by atoms with Crippen LogP contribution in [0.1, 0.15) is 49.7 Å². The van der Waals surface area contributed by atoms with Crippen molar-refractivity contribution in [2.45, 2.75) is 57.7 Å². The summed E-state index contributed by atoms with van der Waals surface area (Å²) in [6.45, 7) is 0.612. The molecule has 4 aromatic rings. The highest BCUT2D eigenvalue weighted by molar-refractivity contribution is 6.35. The van der Waals surface area contributed by atoms with Crippen molar-refractivity contribution in [3.63, 3.8) is 0 Å². The molecule has 0 radical (unpaired) electrons. The fraction of sp³-hybridized carbons (Fsp3) is 0.333. The second-order valence-electron chi connectivity index (χ2n) is 10.3. The first-order chi connectivity index (χ1) is 19.9. The second-order valence-corrected chi connectivity index (χ2v) is 11.1. The van der Waals surface area contributed by atoms with Gasteiger partial charge in [0.15, 0.2) is 0 Å². The van der Waals surface area contributed by atoms with Gasteiger partial charge in [-0.3, -0.25) is 9.36 Å². The minimum Gasteiger partial charge on any atom is -0.358 e. The summed E-state index contributed by atoms with van der Waals surface area (Å²) < 4.78 is 15.5. The summed E-state index contributed by atoms with van der Waals surface area (Å²) in [5.41, 5.74) is 1.54. The van der Waals surface area contributed by atoms with Gasteiger partial charge in [-0.1, -0.05) is 73.5 Å². The minimum absolute atomic E-state index is 0.140. The van der Waals surface area contributed by atoms with Crippen molar-refractivity contribution in [2.24, 2.45) is 5.92 Å². The molecule has 214 valence electrons. The zero-order valence-electron chi connectivity index (χ0n) is 22.5. The maximum absolute atomic E-state index is 13.7. The summed E-state index contributed by atoms with van der Waals surface area (Å²) in [6.07, 6.45) is 11.5. The summed E-state index contributed by atoms with van der Waals surface area (Å²) in [6, 6.07) is 12.8. The number of aromatic nitrogens is 4. The van der Waals surface area contributed by atoms with E-state index in [1.54, 1.807) is 47.6 Å². The molecule has 0 saturated heterocycles. The Balaban J connectivity index is 1.37. The first-order valence-electron chi connectivity index (χ1n) is 13.8. The van der Waals surface area contributed by atoms with E-state index in [1.165, 1.54) is 31.4 Å². The first-order valence-corrected chi connectivity index (χ1v) is 14.5. The smallest absolute Gasteiger partial charge is 0.242 e. The number of carbonyl (C=O) groups is 1. The number of nitrogens with one attached hydrogen (secondary N) is 3.